The number of phosphoric acid groups is 1. The van der Waals surface area contributed by atoms with E-state index in [1.54, 1.807) is 6.08 Å². The highest BCUT2D eigenvalue weighted by atomic mass is 31.2. The highest BCUT2D eigenvalue weighted by molar-refractivity contribution is 7.47. The van der Waals surface area contributed by atoms with Crippen LogP contribution in [0.25, 0.3) is 0 Å². The third-order valence-corrected chi connectivity index (χ3v) is 8.40. The minimum absolute atomic E-state index is 0.0715. The van der Waals surface area contributed by atoms with Crippen molar-refractivity contribution >= 4 is 19.8 Å². The van der Waals surface area contributed by atoms with E-state index in [4.69, 9.17) is 19.1 Å². The zero-order valence-electron chi connectivity index (χ0n) is 31.3. The predicted octanol–water partition coefficient (Wildman–Crippen LogP) is 7.99. The van der Waals surface area contributed by atoms with E-state index >= 15 is 0 Å². The summed E-state index contributed by atoms with van der Waals surface area (Å²) in [5.74, 6) is -0.310. The molecule has 11 nitrogen and oxygen atoms in total. The second-order valence-electron chi connectivity index (χ2n) is 12.9. The maximum Gasteiger partial charge on any atom is 0.472 e. The average Bonchev–Trinajstić information content (AvgIpc) is 3.09. The van der Waals surface area contributed by atoms with Crippen LogP contribution in [-0.4, -0.2) is 76.9 Å². The van der Waals surface area contributed by atoms with Crippen LogP contribution in [0.4, 0.5) is 0 Å². The van der Waals surface area contributed by atoms with Gasteiger partial charge in [0.25, 0.3) is 0 Å². The molecule has 4 N–H and O–H groups in total. The Morgan fingerprint density at radius 1 is 0.725 bits per heavy atom. The third kappa shape index (κ3) is 34.5. The first-order chi connectivity index (χ1) is 24.5. The number of carbonyl (C=O) groups excluding carboxylic acids is 2. The standard InChI is InChI=1S/C39H67O11P/c1-4-5-6-7-16-21-26-35(41)27-22-17-12-8-9-13-19-24-29-39(44)50-37(33-49-51(45,46)48-31-36(42)30-40)32-47-38(43)28-23-18-14-10-11-15-20-25-34(2)3/h5-6,9,12-13,16-17,21-22,27,34-37,40-42H,4,7-8,10-11,14-15,18-20,23-26,28-33H2,1-3H3,(H,45,46)/b6-5-,13-9-,17-12-,21-16-,27-22+/t35?,36-,37+/m0/s1. The summed E-state index contributed by atoms with van der Waals surface area (Å²) >= 11 is 0. The van der Waals surface area contributed by atoms with Gasteiger partial charge in [0.1, 0.15) is 12.7 Å². The molecule has 0 aliphatic carbocycles. The Hall–Kier alpha value is -2.37. The van der Waals surface area contributed by atoms with E-state index < -0.39 is 57.9 Å². The van der Waals surface area contributed by atoms with Crippen LogP contribution < -0.4 is 0 Å². The lowest BCUT2D eigenvalue weighted by atomic mass is 10.0. The summed E-state index contributed by atoms with van der Waals surface area (Å²) in [7, 11) is -4.64. The number of phosphoric ester groups is 1. The van der Waals surface area contributed by atoms with Gasteiger partial charge in [-0.15, -0.1) is 0 Å². The van der Waals surface area contributed by atoms with E-state index in [1.165, 1.54) is 25.7 Å². The van der Waals surface area contributed by atoms with Gasteiger partial charge in [0, 0.05) is 12.8 Å². The molecular weight excluding hydrogens is 675 g/mol. The number of ether oxygens (including phenoxy) is 2. The molecule has 12 heteroatoms. The number of carbonyl (C=O) groups is 2. The van der Waals surface area contributed by atoms with Crippen LogP contribution >= 0.6 is 7.82 Å². The summed E-state index contributed by atoms with van der Waals surface area (Å²) in [4.78, 5) is 34.7. The fraction of sp³-hybridized carbons (Fsp3) is 0.692. The van der Waals surface area contributed by atoms with Gasteiger partial charge in [-0.2, -0.15) is 0 Å². The van der Waals surface area contributed by atoms with Crippen LogP contribution in [0.3, 0.4) is 0 Å². The van der Waals surface area contributed by atoms with Crippen molar-refractivity contribution in [2.24, 2.45) is 5.92 Å². The number of aliphatic hydroxyl groups is 3. The molecule has 4 atom stereocenters. The molecule has 0 aromatic carbocycles. The molecule has 0 heterocycles. The lowest BCUT2D eigenvalue weighted by Crippen LogP contribution is -2.29. The molecule has 0 aliphatic heterocycles. The number of aliphatic hydroxyl groups excluding tert-OH is 3. The second-order valence-corrected chi connectivity index (χ2v) is 14.4. The van der Waals surface area contributed by atoms with E-state index in [2.05, 4.69) is 37.4 Å². The molecule has 0 radical (unpaired) electrons. The van der Waals surface area contributed by atoms with Crippen molar-refractivity contribution in [2.75, 3.05) is 26.4 Å². The lowest BCUT2D eigenvalue weighted by Gasteiger charge is -2.20. The lowest BCUT2D eigenvalue weighted by molar-refractivity contribution is -0.161. The van der Waals surface area contributed by atoms with Crippen molar-refractivity contribution in [1.29, 1.82) is 0 Å². The van der Waals surface area contributed by atoms with Crippen LogP contribution in [0.2, 0.25) is 0 Å². The summed E-state index contributed by atoms with van der Waals surface area (Å²) < 4.78 is 32.4. The minimum Gasteiger partial charge on any atom is -0.462 e. The van der Waals surface area contributed by atoms with Gasteiger partial charge in [0.15, 0.2) is 6.10 Å². The van der Waals surface area contributed by atoms with Crippen molar-refractivity contribution in [1.82, 2.24) is 0 Å². The molecule has 0 spiro atoms. The van der Waals surface area contributed by atoms with Gasteiger partial charge in [-0.05, 0) is 50.9 Å². The molecule has 0 amide bonds. The molecular formula is C39H67O11P. The van der Waals surface area contributed by atoms with Crippen LogP contribution in [0, 0.1) is 5.92 Å². The molecule has 2 unspecified atom stereocenters. The fourth-order valence-corrected chi connectivity index (χ4v) is 5.32. The molecule has 0 aliphatic rings. The third-order valence-electron chi connectivity index (χ3n) is 7.44. The van der Waals surface area contributed by atoms with Gasteiger partial charge < -0.3 is 29.7 Å². The Kier molecular flexibility index (Phi) is 31.9. The monoisotopic (exact) mass is 742 g/mol. The van der Waals surface area contributed by atoms with Gasteiger partial charge in [0.05, 0.1) is 25.9 Å². The number of hydrogen-bond acceptors (Lipinski definition) is 10. The number of allylic oxidation sites excluding steroid dienone is 8. The minimum atomic E-state index is -4.64. The van der Waals surface area contributed by atoms with E-state index in [9.17, 15) is 29.3 Å². The Morgan fingerprint density at radius 2 is 1.35 bits per heavy atom. The fourth-order valence-electron chi connectivity index (χ4n) is 4.53. The van der Waals surface area contributed by atoms with Crippen molar-refractivity contribution in [2.45, 2.75) is 142 Å². The number of unbranched alkanes of at least 4 members (excludes halogenated alkanes) is 7. The normalized spacial score (nSPS) is 15.5. The molecule has 294 valence electrons. The van der Waals surface area contributed by atoms with Gasteiger partial charge in [-0.25, -0.2) is 4.57 Å². The van der Waals surface area contributed by atoms with Crippen molar-refractivity contribution in [3.63, 3.8) is 0 Å². The smallest absolute Gasteiger partial charge is 0.462 e. The summed E-state index contributed by atoms with van der Waals surface area (Å²) in [6.45, 7) is 4.31. The van der Waals surface area contributed by atoms with Crippen LogP contribution in [0.5, 0.6) is 0 Å². The molecule has 0 saturated carbocycles. The Labute approximate surface area is 307 Å². The molecule has 51 heavy (non-hydrogen) atoms. The zero-order valence-corrected chi connectivity index (χ0v) is 32.2. The van der Waals surface area contributed by atoms with Crippen LogP contribution in [0.1, 0.15) is 124 Å². The molecule has 0 saturated heterocycles. The number of esters is 2. The van der Waals surface area contributed by atoms with Gasteiger partial charge in [-0.3, -0.25) is 18.6 Å². The van der Waals surface area contributed by atoms with E-state index in [0.29, 0.717) is 32.1 Å². The Bertz CT molecular complexity index is 1070. The summed E-state index contributed by atoms with van der Waals surface area (Å²) in [5, 5.41) is 28.2. The summed E-state index contributed by atoms with van der Waals surface area (Å²) in [6, 6.07) is 0. The van der Waals surface area contributed by atoms with Crippen molar-refractivity contribution in [3.05, 3.63) is 60.8 Å². The molecule has 0 aromatic rings. The highest BCUT2D eigenvalue weighted by Crippen LogP contribution is 2.43. The zero-order chi connectivity index (χ0) is 38.0. The number of hydrogen-bond donors (Lipinski definition) is 4. The van der Waals surface area contributed by atoms with Gasteiger partial charge >= 0.3 is 19.8 Å². The SMILES string of the molecule is CC/C=C\C/C=C\CC(O)/C=C/C=C\C/C=C\CCCC(=O)O[C@H](COC(=O)CCCCCCCCCC(C)C)COP(=O)(O)OC[C@@H](O)CO. The van der Waals surface area contributed by atoms with Gasteiger partial charge in [-0.1, -0.05) is 126 Å². The first kappa shape index (κ1) is 48.6. The predicted molar refractivity (Wildman–Crippen MR) is 202 cm³/mol. The molecule has 0 aromatic heterocycles. The molecule has 0 bridgehead atoms. The van der Waals surface area contributed by atoms with Crippen molar-refractivity contribution in [3.8, 4) is 0 Å². The largest absolute Gasteiger partial charge is 0.472 e. The quantitative estimate of drug-likeness (QED) is 0.0169. The maximum atomic E-state index is 12.5. The number of rotatable bonds is 33. The second kappa shape index (κ2) is 33.5. The Balaban J connectivity index is 4.57. The Morgan fingerprint density at radius 3 is 2.06 bits per heavy atom. The van der Waals surface area contributed by atoms with E-state index in [1.807, 2.05) is 42.5 Å². The molecule has 0 rings (SSSR count). The van der Waals surface area contributed by atoms with Crippen LogP contribution in [-0.2, 0) is 32.7 Å². The average molecular weight is 743 g/mol. The first-order valence-corrected chi connectivity index (χ1v) is 20.2. The maximum absolute atomic E-state index is 12.5. The van der Waals surface area contributed by atoms with E-state index in [0.717, 1.165) is 38.0 Å². The van der Waals surface area contributed by atoms with Gasteiger partial charge in [0.2, 0.25) is 0 Å². The van der Waals surface area contributed by atoms with Crippen LogP contribution in [0.15, 0.2) is 60.8 Å². The topological polar surface area (TPSA) is 169 Å². The highest BCUT2D eigenvalue weighted by Gasteiger charge is 2.27. The van der Waals surface area contributed by atoms with E-state index in [-0.39, 0.29) is 19.4 Å². The first-order valence-electron chi connectivity index (χ1n) is 18.7. The molecule has 0 fully saturated rings. The summed E-state index contributed by atoms with van der Waals surface area (Å²) in [5.41, 5.74) is 0. The summed E-state index contributed by atoms with van der Waals surface area (Å²) in [6.07, 6.45) is 29.7. The van der Waals surface area contributed by atoms with Crippen molar-refractivity contribution < 1.29 is 52.9 Å².